The van der Waals surface area contributed by atoms with Crippen molar-refractivity contribution in [1.29, 1.82) is 0 Å². The molecule has 2 heterocycles. The second-order valence-electron chi connectivity index (χ2n) is 22.4. The van der Waals surface area contributed by atoms with E-state index in [1.807, 2.05) is 6.08 Å². The number of aryl methyl sites for hydroxylation is 1. The zero-order chi connectivity index (χ0) is 49.0. The number of carboxylic acid groups (broad SMARTS) is 1. The van der Waals surface area contributed by atoms with E-state index in [-0.39, 0.29) is 59.0 Å². The summed E-state index contributed by atoms with van der Waals surface area (Å²) in [5.41, 5.74) is 12.9. The molecule has 69 heavy (non-hydrogen) atoms. The number of H-pyrrole nitrogens is 1. The van der Waals surface area contributed by atoms with Gasteiger partial charge in [0.25, 0.3) is 0 Å². The molecular weight excluding hydrogens is 863 g/mol. The molecule has 0 saturated heterocycles. The summed E-state index contributed by atoms with van der Waals surface area (Å²) in [4.78, 5) is 17.4. The Kier molecular flexibility index (Phi) is 16.4. The number of aliphatic hydroxyl groups excluding tert-OH is 2. The molecule has 1 aromatic heterocycles. The molecule has 3 aromatic rings. The topological polar surface area (TPSA) is 192 Å². The van der Waals surface area contributed by atoms with Gasteiger partial charge in [-0.2, -0.15) is 0 Å². The third kappa shape index (κ3) is 11.3. The van der Waals surface area contributed by atoms with E-state index in [0.717, 1.165) is 78.6 Å². The summed E-state index contributed by atoms with van der Waals surface area (Å²) >= 11 is 0. The first-order valence-electron chi connectivity index (χ1n) is 26.9. The summed E-state index contributed by atoms with van der Waals surface area (Å²) in [6.07, 6.45) is 21.7. The van der Waals surface area contributed by atoms with E-state index < -0.39 is 23.6 Å². The molecule has 0 amide bonds. The lowest BCUT2D eigenvalue weighted by Crippen LogP contribution is -2.52. The predicted molar refractivity (Wildman–Crippen MR) is 275 cm³/mol. The Labute approximate surface area is 411 Å². The number of rotatable bonds is 18. The molecule has 10 nitrogen and oxygen atoms in total. The maximum Gasteiger partial charge on any atom is 0.309 e. The SMILES string of the molecule is CCCCCC1C=CC(CCCCC2CCC(c3cc(CC)c(-c4cc(O)cc(O)c4Cc4ccc(C(C)C)cc4)[nH]3)C3CC(CC4=CCNC(N)=C4)C4CCC(CC43O)C(O)C2C(=O)O)C(O)C1. The van der Waals surface area contributed by atoms with Crippen molar-refractivity contribution in [1.82, 2.24) is 10.3 Å². The number of phenolic OH excluding ortho intramolecular Hbond substituents is 2. The minimum atomic E-state index is -1.13. The molecule has 3 fully saturated rings. The van der Waals surface area contributed by atoms with E-state index in [0.29, 0.717) is 75.6 Å². The van der Waals surface area contributed by atoms with E-state index in [1.165, 1.54) is 36.5 Å². The Bertz CT molecular complexity index is 2310. The Morgan fingerprint density at radius 1 is 0.884 bits per heavy atom. The molecule has 1 aliphatic heterocycles. The number of carboxylic acids is 1. The summed E-state index contributed by atoms with van der Waals surface area (Å²) in [6, 6.07) is 13.9. The molecule has 12 atom stereocenters. The van der Waals surface area contributed by atoms with Gasteiger partial charge >= 0.3 is 5.97 Å². The van der Waals surface area contributed by atoms with Crippen LogP contribution in [0, 0.1) is 47.3 Å². The van der Waals surface area contributed by atoms with Crippen LogP contribution in [0.15, 0.2) is 78.2 Å². The summed E-state index contributed by atoms with van der Waals surface area (Å²) in [6.45, 7) is 9.34. The molecule has 0 radical (unpaired) electrons. The molecule has 10 N–H and O–H groups in total. The van der Waals surface area contributed by atoms with Crippen molar-refractivity contribution >= 4 is 5.97 Å². The highest BCUT2D eigenvalue weighted by Gasteiger charge is 2.60. The minimum absolute atomic E-state index is 0.0222. The average Bonchev–Trinajstić information content (AvgIpc) is 3.87. The molecule has 12 unspecified atom stereocenters. The van der Waals surface area contributed by atoms with Gasteiger partial charge in [0.1, 0.15) is 11.5 Å². The molecule has 2 bridgehead atoms. The van der Waals surface area contributed by atoms with Gasteiger partial charge in [0.2, 0.25) is 0 Å². The lowest BCUT2D eigenvalue weighted by atomic mass is 9.60. The van der Waals surface area contributed by atoms with Crippen molar-refractivity contribution in [3.05, 3.63) is 106 Å². The molecule has 3 saturated carbocycles. The highest BCUT2D eigenvalue weighted by molar-refractivity contribution is 5.73. The summed E-state index contributed by atoms with van der Waals surface area (Å²) in [5.74, 6) is -1.13. The van der Waals surface area contributed by atoms with Crippen molar-refractivity contribution in [3.63, 3.8) is 0 Å². The number of benzene rings is 2. The first kappa shape index (κ1) is 50.9. The van der Waals surface area contributed by atoms with E-state index in [1.54, 1.807) is 6.07 Å². The van der Waals surface area contributed by atoms with Gasteiger partial charge in [-0.25, -0.2) is 0 Å². The fourth-order valence-corrected chi connectivity index (χ4v) is 14.0. The number of hydrogen-bond acceptors (Lipinski definition) is 8. The number of dihydropyridines is 1. The van der Waals surface area contributed by atoms with Crippen molar-refractivity contribution in [2.45, 2.75) is 173 Å². The van der Waals surface area contributed by atoms with Crippen LogP contribution < -0.4 is 11.1 Å². The van der Waals surface area contributed by atoms with Crippen LogP contribution in [-0.4, -0.2) is 65.9 Å². The average molecular weight is 946 g/mol. The van der Waals surface area contributed by atoms with E-state index in [9.17, 15) is 35.4 Å². The Hall–Kier alpha value is -4.51. The van der Waals surface area contributed by atoms with Crippen LogP contribution >= 0.6 is 0 Å². The van der Waals surface area contributed by atoms with Gasteiger partial charge in [-0.3, -0.25) is 4.79 Å². The van der Waals surface area contributed by atoms with Gasteiger partial charge in [0.15, 0.2) is 0 Å². The largest absolute Gasteiger partial charge is 0.508 e. The molecule has 376 valence electrons. The summed E-state index contributed by atoms with van der Waals surface area (Å²) < 4.78 is 0. The normalized spacial score (nSPS) is 31.3. The third-order valence-corrected chi connectivity index (χ3v) is 17.8. The highest BCUT2D eigenvalue weighted by atomic mass is 16.4. The van der Waals surface area contributed by atoms with Crippen molar-refractivity contribution in [2.24, 2.45) is 53.1 Å². The molecule has 5 aliphatic rings. The zero-order valence-electron chi connectivity index (χ0n) is 41.9. The second-order valence-corrected chi connectivity index (χ2v) is 22.4. The maximum atomic E-state index is 13.5. The van der Waals surface area contributed by atoms with Crippen LogP contribution in [0.3, 0.4) is 0 Å². The van der Waals surface area contributed by atoms with Gasteiger partial charge in [-0.15, -0.1) is 0 Å². The zero-order valence-corrected chi connectivity index (χ0v) is 41.9. The van der Waals surface area contributed by atoms with Gasteiger partial charge in [0.05, 0.1) is 29.5 Å². The van der Waals surface area contributed by atoms with Crippen LogP contribution in [0.5, 0.6) is 11.5 Å². The molecule has 0 spiro atoms. The smallest absolute Gasteiger partial charge is 0.309 e. The van der Waals surface area contributed by atoms with Crippen LogP contribution in [0.4, 0.5) is 0 Å². The predicted octanol–water partition coefficient (Wildman–Crippen LogP) is 11.1. The van der Waals surface area contributed by atoms with Crippen LogP contribution in [0.2, 0.25) is 0 Å². The number of aromatic nitrogens is 1. The van der Waals surface area contributed by atoms with Gasteiger partial charge < -0.3 is 46.7 Å². The fourth-order valence-electron chi connectivity index (χ4n) is 14.0. The van der Waals surface area contributed by atoms with Gasteiger partial charge in [-0.05, 0) is 159 Å². The van der Waals surface area contributed by atoms with Crippen LogP contribution in [0.25, 0.3) is 11.3 Å². The molecular formula is C59H83N3O7. The van der Waals surface area contributed by atoms with Crippen LogP contribution in [-0.2, 0) is 17.6 Å². The monoisotopic (exact) mass is 946 g/mol. The quantitative estimate of drug-likeness (QED) is 0.0441. The number of fused-ring (bicyclic) bond motifs is 1. The first-order chi connectivity index (χ1) is 33.2. The van der Waals surface area contributed by atoms with Crippen LogP contribution in [0.1, 0.15) is 170 Å². The first-order valence-corrected chi connectivity index (χ1v) is 26.9. The molecule has 8 rings (SSSR count). The standard InChI is InChI=1S/C59H83N3O7/c1-5-7-8-11-36-16-19-41(52(64)28-36)12-9-10-13-42-20-22-46(50-30-44(26-38-24-25-61-54(60)29-38)49-23-21-43(34-59(49,50)69)57(66)55(42)58(67)68)51-31-39(6-2)56(62-51)48-32-45(63)33-53(65)47(48)27-37-14-17-40(18-15-37)35(3)4/h14-19,24,29,31-33,35-36,41-44,46,49-50,52,55,57,61-66,69H,5-13,20-23,25-28,30,34,60H2,1-4H3,(H,67,68). The summed E-state index contributed by atoms with van der Waals surface area (Å²) in [5, 5.41) is 73.7. The number of allylic oxidation sites excluding steroid dienone is 3. The molecule has 2 aromatic carbocycles. The molecule has 4 aliphatic carbocycles. The second kappa shape index (κ2) is 22.3. The lowest BCUT2D eigenvalue weighted by molar-refractivity contribution is -0.158. The van der Waals surface area contributed by atoms with Crippen molar-refractivity contribution in [3.8, 4) is 22.8 Å². The Morgan fingerprint density at radius 3 is 2.36 bits per heavy atom. The number of carbonyl (C=O) groups is 1. The Morgan fingerprint density at radius 2 is 1.65 bits per heavy atom. The van der Waals surface area contributed by atoms with Crippen molar-refractivity contribution in [2.75, 3.05) is 6.54 Å². The Balaban J connectivity index is 1.13. The number of nitrogens with one attached hydrogen (secondary N) is 2. The number of unbranched alkanes of at least 4 members (excludes halogenated alkanes) is 3. The number of aromatic hydroxyl groups is 2. The number of phenols is 2. The van der Waals surface area contributed by atoms with E-state index in [4.69, 9.17) is 5.73 Å². The van der Waals surface area contributed by atoms with E-state index in [2.05, 4.69) is 86.6 Å². The number of hydrogen-bond donors (Lipinski definition) is 9. The number of aromatic amines is 1. The fraction of sp³-hybridized carbons (Fsp3) is 0.610. The summed E-state index contributed by atoms with van der Waals surface area (Å²) in [7, 11) is 0. The number of nitrogens with two attached hydrogens (primary N) is 1. The minimum Gasteiger partial charge on any atom is -0.508 e. The highest BCUT2D eigenvalue weighted by Crippen LogP contribution is 2.61. The third-order valence-electron chi connectivity index (χ3n) is 17.8. The number of aliphatic hydroxyl groups is 3. The molecule has 10 heteroatoms. The van der Waals surface area contributed by atoms with Gasteiger partial charge in [0, 0.05) is 53.4 Å². The van der Waals surface area contributed by atoms with E-state index >= 15 is 0 Å². The lowest BCUT2D eigenvalue weighted by Gasteiger charge is -2.49. The van der Waals surface area contributed by atoms with Crippen molar-refractivity contribution < 1.29 is 35.4 Å². The van der Waals surface area contributed by atoms with Gasteiger partial charge in [-0.1, -0.05) is 102 Å². The maximum absolute atomic E-state index is 13.5. The number of aliphatic carboxylic acids is 1.